The molecule has 2 aromatic heterocycles. The number of carbonyl (C=O) groups excluding carboxylic acids is 1. The number of nitrogens with zero attached hydrogens (tertiary/aromatic N) is 4. The van der Waals surface area contributed by atoms with Crippen LogP contribution in [0.1, 0.15) is 16.7 Å². The van der Waals surface area contributed by atoms with Crippen molar-refractivity contribution in [2.75, 3.05) is 0 Å². The molecule has 0 aliphatic rings. The van der Waals surface area contributed by atoms with E-state index in [0.717, 1.165) is 17.7 Å². The standard InChI is InChI=1S/C20H14F3IN4O2/c21-20(22,23)15-5-3-4-14(8-15)17(18(24)29)19(30)28-7-2-1-6-16(28)27-11-13-9-25-12-26-10-13/h1-10,12,30H,11H2/b19-17+,27-16?. The molecule has 0 unspecified atom stereocenters. The van der Waals surface area contributed by atoms with Gasteiger partial charge >= 0.3 is 6.18 Å². The number of aliphatic hydroxyl groups is 1. The monoisotopic (exact) mass is 526 g/mol. The molecule has 3 rings (SSSR count). The third-order valence-electron chi connectivity index (χ3n) is 4.00. The molecule has 0 saturated heterocycles. The minimum Gasteiger partial charge on any atom is -0.494 e. The molecule has 0 fully saturated rings. The van der Waals surface area contributed by atoms with E-state index in [1.807, 2.05) is 0 Å². The number of rotatable bonds is 5. The first-order chi connectivity index (χ1) is 14.3. The van der Waals surface area contributed by atoms with Crippen LogP contribution in [0.3, 0.4) is 0 Å². The first-order valence-electron chi connectivity index (χ1n) is 8.50. The molecule has 0 aliphatic carbocycles. The van der Waals surface area contributed by atoms with Gasteiger partial charge in [-0.2, -0.15) is 13.2 Å². The van der Waals surface area contributed by atoms with Crippen LogP contribution in [0.5, 0.6) is 0 Å². The highest BCUT2D eigenvalue weighted by Gasteiger charge is 2.31. The fraction of sp³-hybridized carbons (Fsp3) is 0.100. The van der Waals surface area contributed by atoms with Crippen LogP contribution in [-0.2, 0) is 17.5 Å². The van der Waals surface area contributed by atoms with Crippen LogP contribution in [0, 0.1) is 0 Å². The lowest BCUT2D eigenvalue weighted by Gasteiger charge is -2.13. The Morgan fingerprint density at radius 2 is 1.87 bits per heavy atom. The molecule has 0 atom stereocenters. The molecule has 0 radical (unpaired) electrons. The predicted molar refractivity (Wildman–Crippen MR) is 112 cm³/mol. The molecule has 1 aromatic carbocycles. The van der Waals surface area contributed by atoms with Crippen molar-refractivity contribution in [3.8, 4) is 0 Å². The molecule has 3 aromatic rings. The number of allylic oxidation sites excluding steroid dienone is 1. The first kappa shape index (κ1) is 21.7. The van der Waals surface area contributed by atoms with Crippen molar-refractivity contribution >= 4 is 37.8 Å². The third-order valence-corrected chi connectivity index (χ3v) is 4.54. The number of halogens is 4. The third kappa shape index (κ3) is 5.12. The number of hydrogen-bond acceptors (Lipinski definition) is 5. The maximum atomic E-state index is 13.1. The Morgan fingerprint density at radius 1 is 1.13 bits per heavy atom. The van der Waals surface area contributed by atoms with Crippen molar-refractivity contribution in [2.45, 2.75) is 12.7 Å². The van der Waals surface area contributed by atoms with Gasteiger partial charge in [-0.15, -0.1) is 0 Å². The second-order valence-corrected chi connectivity index (χ2v) is 7.02. The summed E-state index contributed by atoms with van der Waals surface area (Å²) in [4.78, 5) is 24.4. The van der Waals surface area contributed by atoms with Crippen LogP contribution >= 0.6 is 22.6 Å². The SMILES string of the molecule is O=C(I)/C(=C(/O)n1ccccc1=NCc1cncnc1)c1cccc(C(F)(F)F)c1. The number of hydrogen-bond donors (Lipinski definition) is 1. The second-order valence-electron chi connectivity index (χ2n) is 6.04. The fourth-order valence-corrected chi connectivity index (χ4v) is 3.18. The van der Waals surface area contributed by atoms with E-state index < -0.39 is 21.4 Å². The van der Waals surface area contributed by atoms with Gasteiger partial charge in [-0.05, 0) is 29.8 Å². The Kier molecular flexibility index (Phi) is 6.65. The average Bonchev–Trinajstić information content (AvgIpc) is 2.72. The van der Waals surface area contributed by atoms with Crippen LogP contribution in [0.2, 0.25) is 0 Å². The molecule has 2 heterocycles. The molecule has 0 aliphatic heterocycles. The van der Waals surface area contributed by atoms with Gasteiger partial charge in [-0.25, -0.2) is 9.97 Å². The van der Waals surface area contributed by atoms with Crippen LogP contribution in [-0.4, -0.2) is 23.4 Å². The number of pyridine rings is 1. The number of carbonyl (C=O) groups is 1. The van der Waals surface area contributed by atoms with Gasteiger partial charge in [-0.1, -0.05) is 18.2 Å². The summed E-state index contributed by atoms with van der Waals surface area (Å²) in [6.45, 7) is 0.204. The number of benzene rings is 1. The van der Waals surface area contributed by atoms with E-state index in [9.17, 15) is 23.1 Å². The van der Waals surface area contributed by atoms with Gasteiger partial charge in [0.25, 0.3) is 0 Å². The molecular formula is C20H14F3IN4O2. The van der Waals surface area contributed by atoms with Crippen molar-refractivity contribution in [2.24, 2.45) is 4.99 Å². The summed E-state index contributed by atoms with van der Waals surface area (Å²) in [5.74, 6) is -0.530. The summed E-state index contributed by atoms with van der Waals surface area (Å²) in [5, 5.41) is 10.8. The highest BCUT2D eigenvalue weighted by molar-refractivity contribution is 14.1. The Labute approximate surface area is 182 Å². The first-order valence-corrected chi connectivity index (χ1v) is 9.58. The maximum Gasteiger partial charge on any atom is 0.416 e. The van der Waals surface area contributed by atoms with Gasteiger partial charge in [0.1, 0.15) is 11.8 Å². The van der Waals surface area contributed by atoms with Crippen LogP contribution in [0.4, 0.5) is 13.2 Å². The lowest BCUT2D eigenvalue weighted by molar-refractivity contribution is -0.137. The Hall–Kier alpha value is -3.02. The largest absolute Gasteiger partial charge is 0.494 e. The van der Waals surface area contributed by atoms with E-state index in [1.165, 1.54) is 51.8 Å². The summed E-state index contributed by atoms with van der Waals surface area (Å²) >= 11 is 1.43. The van der Waals surface area contributed by atoms with Gasteiger partial charge in [0, 0.05) is 46.7 Å². The van der Waals surface area contributed by atoms with E-state index in [1.54, 1.807) is 30.6 Å². The van der Waals surface area contributed by atoms with E-state index in [4.69, 9.17) is 0 Å². The summed E-state index contributed by atoms with van der Waals surface area (Å²) in [6, 6.07) is 9.11. The lowest BCUT2D eigenvalue weighted by atomic mass is 10.0. The second kappa shape index (κ2) is 9.20. The fourth-order valence-electron chi connectivity index (χ4n) is 2.63. The summed E-state index contributed by atoms with van der Waals surface area (Å²) < 4.78 is 39.9. The van der Waals surface area contributed by atoms with Crippen molar-refractivity contribution in [3.63, 3.8) is 0 Å². The Balaban J connectivity index is 2.13. The van der Waals surface area contributed by atoms with Gasteiger partial charge in [-0.3, -0.25) is 14.4 Å². The molecule has 0 amide bonds. The number of aromatic nitrogens is 3. The number of aliphatic hydroxyl groups excluding tert-OH is 1. The zero-order valence-corrected chi connectivity index (χ0v) is 17.4. The van der Waals surface area contributed by atoms with Crippen LogP contribution in [0.25, 0.3) is 11.5 Å². The van der Waals surface area contributed by atoms with E-state index in [2.05, 4.69) is 15.0 Å². The zero-order chi connectivity index (χ0) is 21.7. The van der Waals surface area contributed by atoms with Gasteiger partial charge < -0.3 is 5.11 Å². The molecule has 30 heavy (non-hydrogen) atoms. The molecule has 10 heteroatoms. The highest BCUT2D eigenvalue weighted by Crippen LogP contribution is 2.32. The quantitative estimate of drug-likeness (QED) is 0.234. The topological polar surface area (TPSA) is 80.4 Å². The molecule has 0 spiro atoms. The van der Waals surface area contributed by atoms with E-state index >= 15 is 0 Å². The van der Waals surface area contributed by atoms with Crippen LogP contribution < -0.4 is 5.49 Å². The van der Waals surface area contributed by atoms with Gasteiger partial charge in [0.15, 0.2) is 0 Å². The van der Waals surface area contributed by atoms with E-state index in [-0.39, 0.29) is 17.7 Å². The predicted octanol–water partition coefficient (Wildman–Crippen LogP) is 4.24. The van der Waals surface area contributed by atoms with Crippen molar-refractivity contribution in [3.05, 3.63) is 89.6 Å². The van der Waals surface area contributed by atoms with Crippen molar-refractivity contribution in [1.82, 2.24) is 14.5 Å². The molecule has 6 nitrogen and oxygen atoms in total. The minimum atomic E-state index is -4.58. The van der Waals surface area contributed by atoms with Crippen molar-refractivity contribution < 1.29 is 23.1 Å². The lowest BCUT2D eigenvalue weighted by Crippen LogP contribution is -2.21. The average molecular weight is 526 g/mol. The molecular weight excluding hydrogens is 512 g/mol. The van der Waals surface area contributed by atoms with Crippen LogP contribution in [0.15, 0.2) is 72.4 Å². The van der Waals surface area contributed by atoms with Gasteiger partial charge in [0.2, 0.25) is 9.67 Å². The zero-order valence-electron chi connectivity index (χ0n) is 15.2. The molecule has 0 bridgehead atoms. The van der Waals surface area contributed by atoms with Gasteiger partial charge in [0.05, 0.1) is 17.7 Å². The minimum absolute atomic E-state index is 0.0551. The Bertz CT molecular complexity index is 1160. The maximum absolute atomic E-state index is 13.1. The molecule has 1 N–H and O–H groups in total. The van der Waals surface area contributed by atoms with Crippen molar-refractivity contribution in [1.29, 1.82) is 0 Å². The summed E-state index contributed by atoms with van der Waals surface area (Å²) in [7, 11) is 0. The smallest absolute Gasteiger partial charge is 0.416 e. The molecule has 0 saturated carbocycles. The van der Waals surface area contributed by atoms with E-state index in [0.29, 0.717) is 5.49 Å². The normalized spacial score (nSPS) is 13.1. The summed E-state index contributed by atoms with van der Waals surface area (Å²) in [5.41, 5.74) is -0.228. The molecule has 154 valence electrons. The Morgan fingerprint density at radius 3 is 2.53 bits per heavy atom. The summed E-state index contributed by atoms with van der Waals surface area (Å²) in [6.07, 6.45) is 1.43. The number of alkyl halides is 3. The highest BCUT2D eigenvalue weighted by atomic mass is 127.